The minimum Gasteiger partial charge on any atom is -0.316 e. The molecule has 0 spiro atoms. The Morgan fingerprint density at radius 1 is 1.31 bits per heavy atom. The van der Waals surface area contributed by atoms with Crippen molar-refractivity contribution in [2.75, 3.05) is 11.1 Å². The number of thiophene rings is 1. The summed E-state index contributed by atoms with van der Waals surface area (Å²) in [6, 6.07) is 10.4. The highest BCUT2D eigenvalue weighted by molar-refractivity contribution is 7.99. The topological polar surface area (TPSA) is 83.6 Å². The Kier molecular flexibility index (Phi) is 5.69. The highest BCUT2D eigenvalue weighted by Gasteiger charge is 2.22. The third-order valence-electron chi connectivity index (χ3n) is 4.92. The molecule has 2 heterocycles. The number of thioether (sulfide) groups is 1. The molecule has 0 saturated carbocycles. The molecule has 2 aromatic heterocycles. The number of amides is 1. The van der Waals surface area contributed by atoms with Gasteiger partial charge in [0.25, 0.3) is 0 Å². The molecule has 0 fully saturated rings. The summed E-state index contributed by atoms with van der Waals surface area (Å²) in [5.41, 5.74) is 3.89. The van der Waals surface area contributed by atoms with Crippen molar-refractivity contribution >= 4 is 34.0 Å². The van der Waals surface area contributed by atoms with Crippen molar-refractivity contribution in [1.29, 1.82) is 5.26 Å². The van der Waals surface area contributed by atoms with E-state index < -0.39 is 0 Å². The molecule has 0 atom stereocenters. The van der Waals surface area contributed by atoms with Crippen LogP contribution in [0.2, 0.25) is 0 Å². The fourth-order valence-corrected chi connectivity index (χ4v) is 5.62. The van der Waals surface area contributed by atoms with E-state index in [0.29, 0.717) is 15.7 Å². The van der Waals surface area contributed by atoms with Crippen LogP contribution in [0.25, 0.3) is 5.69 Å². The summed E-state index contributed by atoms with van der Waals surface area (Å²) in [4.78, 5) is 13.8. The summed E-state index contributed by atoms with van der Waals surface area (Å²) in [6.45, 7) is 3.94. The lowest BCUT2D eigenvalue weighted by atomic mass is 9.96. The molecule has 1 aromatic carbocycles. The Hall–Kier alpha value is -2.63. The molecule has 148 valence electrons. The average Bonchev–Trinajstić information content (AvgIpc) is 3.25. The zero-order valence-electron chi connectivity index (χ0n) is 16.4. The Labute approximate surface area is 178 Å². The summed E-state index contributed by atoms with van der Waals surface area (Å²) < 4.78 is 1.95. The third kappa shape index (κ3) is 4.07. The maximum atomic E-state index is 12.6. The molecule has 0 saturated heterocycles. The second-order valence-corrected chi connectivity index (χ2v) is 9.12. The van der Waals surface area contributed by atoms with E-state index in [4.69, 9.17) is 0 Å². The zero-order chi connectivity index (χ0) is 20.4. The number of nitrogens with one attached hydrogen (secondary N) is 1. The Morgan fingerprint density at radius 3 is 2.93 bits per heavy atom. The van der Waals surface area contributed by atoms with E-state index in [1.165, 1.54) is 16.6 Å². The minimum absolute atomic E-state index is 0.137. The molecule has 6 nitrogen and oxygen atoms in total. The lowest BCUT2D eigenvalue weighted by Crippen LogP contribution is -2.14. The summed E-state index contributed by atoms with van der Waals surface area (Å²) >= 11 is 2.89. The van der Waals surface area contributed by atoms with E-state index in [1.54, 1.807) is 11.3 Å². The van der Waals surface area contributed by atoms with Crippen LogP contribution in [0.15, 0.2) is 29.4 Å². The van der Waals surface area contributed by atoms with Crippen LogP contribution in [0.5, 0.6) is 0 Å². The molecule has 3 aromatic rings. The van der Waals surface area contributed by atoms with Crippen molar-refractivity contribution in [1.82, 2.24) is 14.8 Å². The maximum absolute atomic E-state index is 12.6. The highest BCUT2D eigenvalue weighted by atomic mass is 32.2. The van der Waals surface area contributed by atoms with Crippen LogP contribution < -0.4 is 5.32 Å². The molecule has 29 heavy (non-hydrogen) atoms. The molecule has 1 N–H and O–H groups in total. The van der Waals surface area contributed by atoms with Gasteiger partial charge in [-0.1, -0.05) is 23.9 Å². The van der Waals surface area contributed by atoms with Crippen molar-refractivity contribution in [2.45, 2.75) is 44.7 Å². The SMILES string of the molecule is Cc1cccc(-n2c(C)nnc2SCC(=O)Nc2sc3c(c2C#N)CCCC3)c1. The van der Waals surface area contributed by atoms with Gasteiger partial charge in [0, 0.05) is 10.6 Å². The largest absolute Gasteiger partial charge is 0.316 e. The number of anilines is 1. The van der Waals surface area contributed by atoms with E-state index >= 15 is 0 Å². The lowest BCUT2D eigenvalue weighted by molar-refractivity contribution is -0.113. The number of fused-ring (bicyclic) bond motifs is 1. The van der Waals surface area contributed by atoms with Gasteiger partial charge >= 0.3 is 0 Å². The van der Waals surface area contributed by atoms with Gasteiger partial charge in [-0.05, 0) is 62.8 Å². The summed E-state index contributed by atoms with van der Waals surface area (Å²) in [6.07, 6.45) is 4.18. The van der Waals surface area contributed by atoms with Gasteiger partial charge in [0.2, 0.25) is 5.91 Å². The molecule has 0 radical (unpaired) electrons. The number of hydrogen-bond acceptors (Lipinski definition) is 6. The zero-order valence-corrected chi connectivity index (χ0v) is 18.0. The highest BCUT2D eigenvalue weighted by Crippen LogP contribution is 2.37. The van der Waals surface area contributed by atoms with Crippen molar-refractivity contribution in [2.24, 2.45) is 0 Å². The fourth-order valence-electron chi connectivity index (χ4n) is 3.57. The minimum atomic E-state index is -0.137. The number of nitrogens with zero attached hydrogens (tertiary/aromatic N) is 4. The number of rotatable bonds is 5. The van der Waals surface area contributed by atoms with Crippen molar-refractivity contribution in [3.05, 3.63) is 51.7 Å². The van der Waals surface area contributed by atoms with Crippen molar-refractivity contribution in [3.63, 3.8) is 0 Å². The quantitative estimate of drug-likeness (QED) is 0.614. The van der Waals surface area contributed by atoms with Gasteiger partial charge in [-0.25, -0.2) is 0 Å². The normalized spacial score (nSPS) is 13.0. The molecular formula is C21H21N5OS2. The number of carbonyl (C=O) groups excluding carboxylic acids is 1. The van der Waals surface area contributed by atoms with Gasteiger partial charge in [0.1, 0.15) is 16.9 Å². The van der Waals surface area contributed by atoms with Gasteiger partial charge in [0.05, 0.1) is 11.3 Å². The molecule has 0 bridgehead atoms. The van der Waals surface area contributed by atoms with Gasteiger partial charge in [-0.2, -0.15) is 5.26 Å². The average molecular weight is 424 g/mol. The molecule has 1 aliphatic carbocycles. The van der Waals surface area contributed by atoms with Crippen LogP contribution in [0.1, 0.15) is 40.2 Å². The monoisotopic (exact) mass is 423 g/mol. The smallest absolute Gasteiger partial charge is 0.235 e. The molecule has 4 rings (SSSR count). The maximum Gasteiger partial charge on any atom is 0.235 e. The Balaban J connectivity index is 1.48. The second kappa shape index (κ2) is 8.39. The van der Waals surface area contributed by atoms with Gasteiger partial charge in [-0.3, -0.25) is 9.36 Å². The molecule has 0 unspecified atom stereocenters. The summed E-state index contributed by atoms with van der Waals surface area (Å²) in [7, 11) is 0. The van der Waals surface area contributed by atoms with Crippen LogP contribution >= 0.6 is 23.1 Å². The van der Waals surface area contributed by atoms with Crippen LogP contribution in [0, 0.1) is 25.2 Å². The molecule has 1 amide bonds. The van der Waals surface area contributed by atoms with E-state index in [-0.39, 0.29) is 11.7 Å². The number of aryl methyl sites for hydroxylation is 3. The molecule has 1 aliphatic rings. The van der Waals surface area contributed by atoms with Gasteiger partial charge in [-0.15, -0.1) is 21.5 Å². The first-order valence-corrected chi connectivity index (χ1v) is 11.3. The first-order chi connectivity index (χ1) is 14.1. The number of hydrogen-bond donors (Lipinski definition) is 1. The van der Waals surface area contributed by atoms with Gasteiger partial charge in [0.15, 0.2) is 5.16 Å². The van der Waals surface area contributed by atoms with E-state index in [0.717, 1.165) is 48.3 Å². The number of aromatic nitrogens is 3. The van der Waals surface area contributed by atoms with Crippen molar-refractivity contribution < 1.29 is 4.79 Å². The van der Waals surface area contributed by atoms with Crippen LogP contribution in [-0.4, -0.2) is 26.4 Å². The predicted molar refractivity (Wildman–Crippen MR) is 116 cm³/mol. The molecule has 0 aliphatic heterocycles. The molecular weight excluding hydrogens is 402 g/mol. The third-order valence-corrected chi connectivity index (χ3v) is 7.06. The molecule has 8 heteroatoms. The lowest BCUT2D eigenvalue weighted by Gasteiger charge is -2.09. The van der Waals surface area contributed by atoms with E-state index in [1.807, 2.05) is 36.6 Å². The van der Waals surface area contributed by atoms with Crippen LogP contribution in [0.3, 0.4) is 0 Å². The predicted octanol–water partition coefficient (Wildman–Crippen LogP) is 4.43. The van der Waals surface area contributed by atoms with E-state index in [9.17, 15) is 10.1 Å². The van der Waals surface area contributed by atoms with Gasteiger partial charge < -0.3 is 5.32 Å². The van der Waals surface area contributed by atoms with Crippen LogP contribution in [0.4, 0.5) is 5.00 Å². The standard InChI is InChI=1S/C21H21N5OS2/c1-13-6-5-7-15(10-13)26-14(2)24-25-21(26)28-12-19(27)23-20-17(11-22)16-8-3-4-9-18(16)29-20/h5-7,10H,3-4,8-9,12H2,1-2H3,(H,23,27). The van der Waals surface area contributed by atoms with Crippen molar-refractivity contribution in [3.8, 4) is 11.8 Å². The Morgan fingerprint density at radius 2 is 2.14 bits per heavy atom. The number of nitriles is 1. The fraction of sp³-hybridized carbons (Fsp3) is 0.333. The number of carbonyl (C=O) groups is 1. The Bertz CT molecular complexity index is 1110. The first-order valence-electron chi connectivity index (χ1n) is 9.53. The summed E-state index contributed by atoms with van der Waals surface area (Å²) in [5, 5.41) is 22.3. The second-order valence-electron chi connectivity index (χ2n) is 7.07. The number of benzene rings is 1. The first kappa shape index (κ1) is 19.7. The van der Waals surface area contributed by atoms with Crippen LogP contribution in [-0.2, 0) is 17.6 Å². The summed E-state index contributed by atoms with van der Waals surface area (Å²) in [5.74, 6) is 0.843. The van der Waals surface area contributed by atoms with E-state index in [2.05, 4.69) is 27.6 Å².